The molecular formula is C10H10IN5O. The highest BCUT2D eigenvalue weighted by atomic mass is 127. The summed E-state index contributed by atoms with van der Waals surface area (Å²) in [4.78, 5) is 20.5. The molecule has 1 amide bonds. The molecule has 1 aromatic rings. The van der Waals surface area contributed by atoms with Gasteiger partial charge in [-0.3, -0.25) is 4.79 Å². The number of carbonyl (C=O) groups is 1. The van der Waals surface area contributed by atoms with Gasteiger partial charge in [-0.05, 0) is 46.2 Å². The van der Waals surface area contributed by atoms with Gasteiger partial charge in [0.25, 0.3) is 0 Å². The zero-order chi connectivity index (χ0) is 12.3. The molecule has 2 rings (SSSR count). The minimum atomic E-state index is 0.0639. The molecule has 1 unspecified atom stereocenters. The number of hydrogen-bond acceptors (Lipinski definition) is 3. The van der Waals surface area contributed by atoms with Gasteiger partial charge in [-0.2, -0.15) is 0 Å². The maximum atomic E-state index is 11.9. The third-order valence-electron chi connectivity index (χ3n) is 2.64. The topological polar surface area (TPSA) is 82.0 Å². The zero-order valence-electron chi connectivity index (χ0n) is 8.95. The number of anilines is 1. The molecule has 7 heteroatoms. The average Bonchev–Trinajstić information content (AvgIpc) is 2.68. The van der Waals surface area contributed by atoms with Crippen LogP contribution in [0.5, 0.6) is 0 Å². The van der Waals surface area contributed by atoms with Crippen molar-refractivity contribution in [2.24, 2.45) is 11.0 Å². The van der Waals surface area contributed by atoms with Crippen LogP contribution in [-0.2, 0) is 4.79 Å². The van der Waals surface area contributed by atoms with Gasteiger partial charge < -0.3 is 4.90 Å². The van der Waals surface area contributed by atoms with Crippen molar-refractivity contribution in [3.63, 3.8) is 0 Å². The number of carbonyl (C=O) groups excluding carboxylic acids is 1. The fourth-order valence-electron chi connectivity index (χ4n) is 1.87. The van der Waals surface area contributed by atoms with Gasteiger partial charge in [0.15, 0.2) is 0 Å². The van der Waals surface area contributed by atoms with Gasteiger partial charge >= 0.3 is 0 Å². The van der Waals surface area contributed by atoms with E-state index in [1.54, 1.807) is 11.1 Å². The van der Waals surface area contributed by atoms with E-state index in [1.807, 2.05) is 12.1 Å². The van der Waals surface area contributed by atoms with E-state index in [0.717, 1.165) is 9.39 Å². The van der Waals surface area contributed by atoms with Crippen LogP contribution in [0.4, 0.5) is 5.69 Å². The largest absolute Gasteiger partial charge is 0.310 e. The molecule has 0 saturated carbocycles. The predicted molar refractivity (Wildman–Crippen MR) is 71.4 cm³/mol. The Morgan fingerprint density at radius 1 is 1.71 bits per heavy atom. The summed E-state index contributed by atoms with van der Waals surface area (Å²) in [5.74, 6) is 0.170. The summed E-state index contributed by atoms with van der Waals surface area (Å²) >= 11 is 2.11. The minimum Gasteiger partial charge on any atom is -0.310 e. The van der Waals surface area contributed by atoms with Gasteiger partial charge in [-0.1, -0.05) is 5.11 Å². The summed E-state index contributed by atoms with van der Waals surface area (Å²) in [5, 5.41) is 3.52. The van der Waals surface area contributed by atoms with Gasteiger partial charge in [0.2, 0.25) is 5.91 Å². The van der Waals surface area contributed by atoms with Gasteiger partial charge in [0, 0.05) is 30.6 Å². The lowest BCUT2D eigenvalue weighted by atomic mass is 10.1. The van der Waals surface area contributed by atoms with Crippen LogP contribution in [0.25, 0.3) is 10.4 Å². The summed E-state index contributed by atoms with van der Waals surface area (Å²) in [6.07, 6.45) is 2.13. The van der Waals surface area contributed by atoms with Gasteiger partial charge in [0.1, 0.15) is 3.70 Å². The predicted octanol–water partition coefficient (Wildman–Crippen LogP) is 2.35. The second-order valence-corrected chi connectivity index (χ2v) is 4.82. The van der Waals surface area contributed by atoms with Crippen molar-refractivity contribution >= 4 is 34.2 Å². The molecule has 1 fully saturated rings. The van der Waals surface area contributed by atoms with Crippen LogP contribution in [0, 0.1) is 9.62 Å². The van der Waals surface area contributed by atoms with Crippen LogP contribution in [0.15, 0.2) is 23.4 Å². The lowest BCUT2D eigenvalue weighted by Crippen LogP contribution is -2.25. The van der Waals surface area contributed by atoms with Crippen molar-refractivity contribution in [1.29, 1.82) is 0 Å². The number of pyridine rings is 1. The fraction of sp³-hybridized carbons (Fsp3) is 0.400. The van der Waals surface area contributed by atoms with Crippen LogP contribution >= 0.6 is 22.6 Å². The van der Waals surface area contributed by atoms with E-state index >= 15 is 0 Å². The highest BCUT2D eigenvalue weighted by Gasteiger charge is 2.31. The normalized spacial score (nSPS) is 19.2. The molecule has 17 heavy (non-hydrogen) atoms. The zero-order valence-corrected chi connectivity index (χ0v) is 11.1. The Balaban J connectivity index is 2.16. The Morgan fingerprint density at radius 2 is 2.53 bits per heavy atom. The standard InChI is InChI=1S/C10H10IN5O/c11-10-8(2-1-3-13-10)16-6-7(4-9(16)17)5-14-15-12/h1-3,7H,4-6H2. The highest BCUT2D eigenvalue weighted by Crippen LogP contribution is 2.27. The van der Waals surface area contributed by atoms with Crippen LogP contribution in [0.2, 0.25) is 0 Å². The number of azide groups is 1. The quantitative estimate of drug-likeness (QED) is 0.278. The number of rotatable bonds is 3. The summed E-state index contributed by atoms with van der Waals surface area (Å²) in [6, 6.07) is 3.69. The van der Waals surface area contributed by atoms with Crippen molar-refractivity contribution in [1.82, 2.24) is 4.98 Å². The van der Waals surface area contributed by atoms with Crippen LogP contribution in [-0.4, -0.2) is 24.0 Å². The molecule has 0 aromatic carbocycles. The van der Waals surface area contributed by atoms with E-state index in [2.05, 4.69) is 37.6 Å². The molecule has 1 saturated heterocycles. The summed E-state index contributed by atoms with van der Waals surface area (Å²) < 4.78 is 0.808. The Morgan fingerprint density at radius 3 is 3.24 bits per heavy atom. The van der Waals surface area contributed by atoms with Crippen molar-refractivity contribution < 1.29 is 4.79 Å². The first-order valence-corrected chi connectivity index (χ1v) is 6.22. The molecular weight excluding hydrogens is 333 g/mol. The molecule has 0 spiro atoms. The third-order valence-corrected chi connectivity index (χ3v) is 3.47. The molecule has 1 aliphatic heterocycles. The molecule has 1 aromatic heterocycles. The maximum Gasteiger partial charge on any atom is 0.227 e. The first-order valence-electron chi connectivity index (χ1n) is 5.14. The van der Waals surface area contributed by atoms with Crippen LogP contribution in [0.1, 0.15) is 6.42 Å². The Hall–Kier alpha value is -1.34. The molecule has 0 bridgehead atoms. The number of amides is 1. The minimum absolute atomic E-state index is 0.0639. The summed E-state index contributed by atoms with van der Waals surface area (Å²) in [6.45, 7) is 0.967. The lowest BCUT2D eigenvalue weighted by molar-refractivity contribution is -0.117. The van der Waals surface area contributed by atoms with E-state index in [-0.39, 0.29) is 11.8 Å². The van der Waals surface area contributed by atoms with Gasteiger partial charge in [0.05, 0.1) is 5.69 Å². The number of nitrogens with zero attached hydrogens (tertiary/aromatic N) is 5. The van der Waals surface area contributed by atoms with Crippen molar-refractivity contribution in [3.05, 3.63) is 32.5 Å². The second kappa shape index (κ2) is 5.33. The lowest BCUT2D eigenvalue weighted by Gasteiger charge is -2.17. The first-order chi connectivity index (χ1) is 8.22. The molecule has 0 radical (unpaired) electrons. The molecule has 6 nitrogen and oxygen atoms in total. The molecule has 88 valence electrons. The second-order valence-electron chi connectivity index (χ2n) is 3.80. The monoisotopic (exact) mass is 343 g/mol. The highest BCUT2D eigenvalue weighted by molar-refractivity contribution is 14.1. The van der Waals surface area contributed by atoms with Crippen LogP contribution in [0.3, 0.4) is 0 Å². The Bertz CT molecular complexity index is 485. The first kappa shape index (κ1) is 12.1. The van der Waals surface area contributed by atoms with E-state index in [4.69, 9.17) is 5.53 Å². The van der Waals surface area contributed by atoms with Gasteiger partial charge in [-0.25, -0.2) is 4.98 Å². The fourth-order valence-corrected chi connectivity index (χ4v) is 2.50. The van der Waals surface area contributed by atoms with Crippen molar-refractivity contribution in [3.8, 4) is 0 Å². The molecule has 0 aliphatic carbocycles. The SMILES string of the molecule is [N-]=[N+]=NCC1CC(=O)N(c2cccnc2I)C1. The number of aromatic nitrogens is 1. The van der Waals surface area contributed by atoms with Crippen LogP contribution < -0.4 is 4.90 Å². The summed E-state index contributed by atoms with van der Waals surface area (Å²) in [5.41, 5.74) is 9.10. The smallest absolute Gasteiger partial charge is 0.227 e. The Labute approximate surface area is 112 Å². The molecule has 0 N–H and O–H groups in total. The third kappa shape index (κ3) is 2.67. The molecule has 2 heterocycles. The van der Waals surface area contributed by atoms with Crippen molar-refractivity contribution in [2.75, 3.05) is 18.0 Å². The van der Waals surface area contributed by atoms with Gasteiger partial charge in [-0.15, -0.1) is 0 Å². The van der Waals surface area contributed by atoms with E-state index in [9.17, 15) is 4.79 Å². The molecule has 1 aliphatic rings. The van der Waals surface area contributed by atoms with Crippen molar-refractivity contribution in [2.45, 2.75) is 6.42 Å². The van der Waals surface area contributed by atoms with E-state index in [0.29, 0.717) is 19.5 Å². The average molecular weight is 343 g/mol. The molecule has 1 atom stereocenters. The Kier molecular flexibility index (Phi) is 3.80. The summed E-state index contributed by atoms with van der Waals surface area (Å²) in [7, 11) is 0. The number of hydrogen-bond donors (Lipinski definition) is 0. The van der Waals surface area contributed by atoms with E-state index in [1.165, 1.54) is 0 Å². The number of halogens is 1. The maximum absolute atomic E-state index is 11.9. The van der Waals surface area contributed by atoms with E-state index < -0.39 is 0 Å².